The van der Waals surface area contributed by atoms with Crippen LogP contribution in [0.4, 0.5) is 5.82 Å². The van der Waals surface area contributed by atoms with Crippen molar-refractivity contribution in [3.63, 3.8) is 0 Å². The van der Waals surface area contributed by atoms with Crippen LogP contribution in [-0.2, 0) is 13.0 Å². The minimum Gasteiger partial charge on any atom is -0.489 e. The number of pyridine rings is 1. The van der Waals surface area contributed by atoms with Crippen molar-refractivity contribution < 1.29 is 4.74 Å². The molecule has 1 N–H and O–H groups in total. The first kappa shape index (κ1) is 13.4. The van der Waals surface area contributed by atoms with Gasteiger partial charge < -0.3 is 10.1 Å². The summed E-state index contributed by atoms with van der Waals surface area (Å²) in [5.74, 6) is 1.80. The zero-order valence-electron chi connectivity index (χ0n) is 11.5. The average molecular weight is 256 g/mol. The Morgan fingerprint density at radius 1 is 1.00 bits per heavy atom. The van der Waals surface area contributed by atoms with E-state index in [-0.39, 0.29) is 0 Å². The summed E-state index contributed by atoms with van der Waals surface area (Å²) < 4.78 is 5.73. The van der Waals surface area contributed by atoms with Crippen LogP contribution in [0.25, 0.3) is 0 Å². The molecular weight excluding hydrogens is 236 g/mol. The third-order valence-corrected chi connectivity index (χ3v) is 2.92. The number of aryl methyl sites for hydroxylation is 1. The minimum atomic E-state index is 0.547. The zero-order valence-corrected chi connectivity index (χ0v) is 11.5. The Balaban J connectivity index is 1.90. The molecule has 0 amide bonds. The molecule has 0 bridgehead atoms. The summed E-state index contributed by atoms with van der Waals surface area (Å²) in [6.45, 7) is 5.63. The lowest BCUT2D eigenvalue weighted by Crippen LogP contribution is -2.01. The lowest BCUT2D eigenvalue weighted by Gasteiger charge is -2.07. The molecule has 0 aliphatic rings. The third kappa shape index (κ3) is 3.98. The summed E-state index contributed by atoms with van der Waals surface area (Å²) in [7, 11) is 0. The molecular formula is C16H20N2O. The van der Waals surface area contributed by atoms with Crippen LogP contribution in [-0.4, -0.2) is 11.5 Å². The van der Waals surface area contributed by atoms with E-state index < -0.39 is 0 Å². The van der Waals surface area contributed by atoms with Crippen LogP contribution in [0.1, 0.15) is 25.0 Å². The van der Waals surface area contributed by atoms with Gasteiger partial charge in [-0.1, -0.05) is 25.1 Å². The number of ether oxygens (including phenoxy) is 1. The number of hydrogen-bond donors (Lipinski definition) is 1. The van der Waals surface area contributed by atoms with Gasteiger partial charge in [-0.05, 0) is 37.1 Å². The highest BCUT2D eigenvalue weighted by Crippen LogP contribution is 2.14. The molecule has 1 aromatic carbocycles. The molecule has 0 fully saturated rings. The van der Waals surface area contributed by atoms with Crippen LogP contribution in [0.3, 0.4) is 0 Å². The summed E-state index contributed by atoms with van der Waals surface area (Å²) in [4.78, 5) is 4.32. The normalized spacial score (nSPS) is 10.2. The van der Waals surface area contributed by atoms with Crippen molar-refractivity contribution >= 4 is 5.82 Å². The molecule has 0 saturated carbocycles. The molecule has 19 heavy (non-hydrogen) atoms. The summed E-state index contributed by atoms with van der Waals surface area (Å²) in [6, 6.07) is 12.2. The lowest BCUT2D eigenvalue weighted by atomic mass is 10.2. The molecule has 0 spiro atoms. The van der Waals surface area contributed by atoms with Crippen molar-refractivity contribution in [3.05, 3.63) is 53.7 Å². The molecule has 3 heteroatoms. The summed E-state index contributed by atoms with van der Waals surface area (Å²) >= 11 is 0. The third-order valence-electron chi connectivity index (χ3n) is 2.92. The van der Waals surface area contributed by atoms with E-state index in [1.165, 1.54) is 5.56 Å². The van der Waals surface area contributed by atoms with Gasteiger partial charge in [0.2, 0.25) is 0 Å². The number of rotatable bonds is 6. The first-order valence-electron chi connectivity index (χ1n) is 6.72. The monoisotopic (exact) mass is 256 g/mol. The van der Waals surface area contributed by atoms with Gasteiger partial charge in [0, 0.05) is 18.3 Å². The molecule has 0 radical (unpaired) electrons. The van der Waals surface area contributed by atoms with Crippen LogP contribution in [0.5, 0.6) is 5.75 Å². The Hall–Kier alpha value is -2.03. The van der Waals surface area contributed by atoms with E-state index in [1.54, 1.807) is 0 Å². The highest BCUT2D eigenvalue weighted by molar-refractivity contribution is 5.35. The van der Waals surface area contributed by atoms with Crippen LogP contribution in [0.15, 0.2) is 42.6 Å². The van der Waals surface area contributed by atoms with Crippen molar-refractivity contribution in [2.45, 2.75) is 26.9 Å². The van der Waals surface area contributed by atoms with E-state index in [1.807, 2.05) is 30.5 Å². The zero-order chi connectivity index (χ0) is 13.5. The topological polar surface area (TPSA) is 34.1 Å². The number of anilines is 1. The Morgan fingerprint density at radius 3 is 2.32 bits per heavy atom. The van der Waals surface area contributed by atoms with Crippen molar-refractivity contribution in [2.75, 3.05) is 11.9 Å². The Kier molecular flexibility index (Phi) is 4.78. The number of aromatic nitrogens is 1. The molecule has 0 atom stereocenters. The Labute approximate surface area is 114 Å². The van der Waals surface area contributed by atoms with E-state index in [9.17, 15) is 0 Å². The number of nitrogens with zero attached hydrogens (tertiary/aromatic N) is 1. The molecule has 100 valence electrons. The molecule has 3 nitrogen and oxygen atoms in total. The predicted octanol–water partition coefficient (Wildman–Crippen LogP) is 3.65. The van der Waals surface area contributed by atoms with Gasteiger partial charge in [0.05, 0.1) is 0 Å². The van der Waals surface area contributed by atoms with Gasteiger partial charge in [0.15, 0.2) is 0 Å². The summed E-state index contributed by atoms with van der Waals surface area (Å²) in [6.07, 6.45) is 2.90. The standard InChI is InChI=1S/C16H20N2O/c1-3-13-5-8-15(9-6-13)19-12-14-7-10-16(17-4-2)18-11-14/h5-11H,3-4,12H2,1-2H3,(H,17,18). The second-order valence-corrected chi connectivity index (χ2v) is 4.37. The van der Waals surface area contributed by atoms with Crippen LogP contribution in [0, 0.1) is 0 Å². The second kappa shape index (κ2) is 6.78. The van der Waals surface area contributed by atoms with Crippen molar-refractivity contribution in [1.82, 2.24) is 4.98 Å². The van der Waals surface area contributed by atoms with Gasteiger partial charge in [-0.15, -0.1) is 0 Å². The molecule has 2 rings (SSSR count). The highest BCUT2D eigenvalue weighted by Gasteiger charge is 1.98. The first-order chi connectivity index (χ1) is 9.31. The smallest absolute Gasteiger partial charge is 0.125 e. The Morgan fingerprint density at radius 2 is 1.74 bits per heavy atom. The predicted molar refractivity (Wildman–Crippen MR) is 78.6 cm³/mol. The largest absolute Gasteiger partial charge is 0.489 e. The maximum atomic E-state index is 5.73. The summed E-state index contributed by atoms with van der Waals surface area (Å²) in [5.41, 5.74) is 2.39. The molecule has 1 heterocycles. The molecule has 0 unspecified atom stereocenters. The van der Waals surface area contributed by atoms with Gasteiger partial charge in [0.25, 0.3) is 0 Å². The lowest BCUT2D eigenvalue weighted by molar-refractivity contribution is 0.305. The fraction of sp³-hybridized carbons (Fsp3) is 0.312. The Bertz CT molecular complexity index is 491. The molecule has 0 saturated heterocycles. The fourth-order valence-electron chi connectivity index (χ4n) is 1.78. The fourth-order valence-corrected chi connectivity index (χ4v) is 1.78. The molecule has 2 aromatic rings. The van der Waals surface area contributed by atoms with Crippen molar-refractivity contribution in [3.8, 4) is 5.75 Å². The maximum absolute atomic E-state index is 5.73. The van der Waals surface area contributed by atoms with Gasteiger partial charge in [-0.3, -0.25) is 0 Å². The maximum Gasteiger partial charge on any atom is 0.125 e. The number of nitrogens with one attached hydrogen (secondary N) is 1. The average Bonchev–Trinajstić information content (AvgIpc) is 2.47. The minimum absolute atomic E-state index is 0.547. The van der Waals surface area contributed by atoms with Crippen LogP contribution < -0.4 is 10.1 Å². The van der Waals surface area contributed by atoms with E-state index in [0.29, 0.717) is 6.61 Å². The van der Waals surface area contributed by atoms with E-state index in [4.69, 9.17) is 4.74 Å². The van der Waals surface area contributed by atoms with Gasteiger partial charge in [-0.25, -0.2) is 4.98 Å². The van der Waals surface area contributed by atoms with Crippen molar-refractivity contribution in [1.29, 1.82) is 0 Å². The van der Waals surface area contributed by atoms with Gasteiger partial charge in [0.1, 0.15) is 18.2 Å². The SMILES string of the molecule is CCNc1ccc(COc2ccc(CC)cc2)cn1. The van der Waals surface area contributed by atoms with Gasteiger partial charge in [-0.2, -0.15) is 0 Å². The molecule has 0 aliphatic heterocycles. The van der Waals surface area contributed by atoms with Crippen molar-refractivity contribution in [2.24, 2.45) is 0 Å². The van der Waals surface area contributed by atoms with E-state index in [2.05, 4.69) is 36.3 Å². The van der Waals surface area contributed by atoms with Crippen LogP contribution >= 0.6 is 0 Å². The van der Waals surface area contributed by atoms with Crippen LogP contribution in [0.2, 0.25) is 0 Å². The quantitative estimate of drug-likeness (QED) is 0.856. The number of hydrogen-bond acceptors (Lipinski definition) is 3. The number of benzene rings is 1. The van der Waals surface area contributed by atoms with E-state index in [0.717, 1.165) is 30.1 Å². The highest BCUT2D eigenvalue weighted by atomic mass is 16.5. The first-order valence-corrected chi connectivity index (χ1v) is 6.72. The summed E-state index contributed by atoms with van der Waals surface area (Å²) in [5, 5.41) is 3.17. The molecule has 1 aromatic heterocycles. The second-order valence-electron chi connectivity index (χ2n) is 4.37. The van der Waals surface area contributed by atoms with Gasteiger partial charge >= 0.3 is 0 Å². The molecule has 0 aliphatic carbocycles. The van der Waals surface area contributed by atoms with E-state index >= 15 is 0 Å².